The van der Waals surface area contributed by atoms with Crippen LogP contribution in [0.15, 0.2) is 12.1 Å². The number of rotatable bonds is 1. The number of halogens is 5. The second-order valence-electron chi connectivity index (χ2n) is 2.77. The van der Waals surface area contributed by atoms with E-state index in [-0.39, 0.29) is 10.0 Å². The van der Waals surface area contributed by atoms with E-state index in [0.717, 1.165) is 12.1 Å². The third-order valence-electron chi connectivity index (χ3n) is 1.82. The maximum atomic E-state index is 12.3. The molecule has 0 spiro atoms. The van der Waals surface area contributed by atoms with E-state index in [1.165, 1.54) is 0 Å². The molecule has 0 bridgehead atoms. The fraction of sp³-hybridized carbons (Fsp3) is 0.455. The van der Waals surface area contributed by atoms with E-state index in [1.807, 2.05) is 13.8 Å². The Balaban J connectivity index is 0.00000106. The van der Waals surface area contributed by atoms with Gasteiger partial charge in [-0.3, -0.25) is 0 Å². The normalized spacial score (nSPS) is 10.8. The van der Waals surface area contributed by atoms with Crippen LogP contribution < -0.4 is 0 Å². The van der Waals surface area contributed by atoms with E-state index in [2.05, 4.69) is 0 Å². The molecule has 16 heavy (non-hydrogen) atoms. The second kappa shape index (κ2) is 6.36. The number of benzene rings is 1. The molecule has 0 aliphatic rings. The van der Waals surface area contributed by atoms with Crippen molar-refractivity contribution < 1.29 is 13.2 Å². The Bertz CT molecular complexity index is 323. The van der Waals surface area contributed by atoms with E-state index in [9.17, 15) is 13.2 Å². The van der Waals surface area contributed by atoms with Crippen LogP contribution in [0.5, 0.6) is 0 Å². The van der Waals surface area contributed by atoms with Crippen molar-refractivity contribution in [2.45, 2.75) is 33.4 Å². The van der Waals surface area contributed by atoms with E-state index in [1.54, 1.807) is 6.92 Å². The van der Waals surface area contributed by atoms with Gasteiger partial charge in [-0.2, -0.15) is 13.2 Å². The molecule has 5 heteroatoms. The SMILES string of the molecule is CC.CCc1c(Cl)cc(C(F)(F)F)cc1Cl. The minimum absolute atomic E-state index is 0.0623. The van der Waals surface area contributed by atoms with Gasteiger partial charge in [0, 0.05) is 10.0 Å². The molecule has 92 valence electrons. The van der Waals surface area contributed by atoms with Gasteiger partial charge >= 0.3 is 6.18 Å². The summed E-state index contributed by atoms with van der Waals surface area (Å²) in [6.45, 7) is 5.78. The van der Waals surface area contributed by atoms with Crippen LogP contribution in [0.4, 0.5) is 13.2 Å². The van der Waals surface area contributed by atoms with Crippen LogP contribution in [0.3, 0.4) is 0 Å². The minimum Gasteiger partial charge on any atom is -0.166 e. The first-order valence-electron chi connectivity index (χ1n) is 4.91. The summed E-state index contributed by atoms with van der Waals surface area (Å²) < 4.78 is 36.8. The third kappa shape index (κ3) is 3.87. The summed E-state index contributed by atoms with van der Waals surface area (Å²) in [5, 5.41) is 0.125. The summed E-state index contributed by atoms with van der Waals surface area (Å²) >= 11 is 11.3. The fourth-order valence-corrected chi connectivity index (χ4v) is 1.86. The lowest BCUT2D eigenvalue weighted by Crippen LogP contribution is -2.05. The molecule has 1 rings (SSSR count). The van der Waals surface area contributed by atoms with Gasteiger partial charge in [-0.05, 0) is 24.1 Å². The number of hydrogen-bond acceptors (Lipinski definition) is 0. The summed E-state index contributed by atoms with van der Waals surface area (Å²) in [5.41, 5.74) is -0.272. The zero-order valence-electron chi connectivity index (χ0n) is 9.25. The van der Waals surface area contributed by atoms with Crippen molar-refractivity contribution in [1.29, 1.82) is 0 Å². The minimum atomic E-state index is -4.40. The molecule has 0 N–H and O–H groups in total. The van der Waals surface area contributed by atoms with Gasteiger partial charge in [-0.15, -0.1) is 0 Å². The van der Waals surface area contributed by atoms with Crippen molar-refractivity contribution in [1.82, 2.24) is 0 Å². The van der Waals surface area contributed by atoms with Gasteiger partial charge in [0.1, 0.15) is 0 Å². The predicted molar refractivity (Wildman–Crippen MR) is 62.2 cm³/mol. The first-order chi connectivity index (χ1) is 7.36. The Morgan fingerprint density at radius 1 is 1.06 bits per heavy atom. The Hall–Kier alpha value is -0.410. The molecule has 0 aliphatic carbocycles. The second-order valence-corrected chi connectivity index (χ2v) is 3.58. The lowest BCUT2D eigenvalue weighted by atomic mass is 10.1. The molecule has 0 amide bonds. The van der Waals surface area contributed by atoms with Gasteiger partial charge in [0.25, 0.3) is 0 Å². The molecule has 0 aromatic heterocycles. The maximum absolute atomic E-state index is 12.3. The molecule has 0 aliphatic heterocycles. The van der Waals surface area contributed by atoms with Crippen LogP contribution in [0.2, 0.25) is 10.0 Å². The average Bonchev–Trinajstić information content (AvgIpc) is 2.19. The quantitative estimate of drug-likeness (QED) is 0.624. The number of hydrogen-bond donors (Lipinski definition) is 0. The van der Waals surface area contributed by atoms with Gasteiger partial charge < -0.3 is 0 Å². The highest BCUT2D eigenvalue weighted by Gasteiger charge is 2.31. The molecule has 0 nitrogen and oxygen atoms in total. The van der Waals surface area contributed by atoms with Crippen molar-refractivity contribution >= 4 is 23.2 Å². The molecule has 0 fully saturated rings. The van der Waals surface area contributed by atoms with Crippen LogP contribution in [0.1, 0.15) is 31.9 Å². The van der Waals surface area contributed by atoms with Crippen molar-refractivity contribution in [3.63, 3.8) is 0 Å². The fourth-order valence-electron chi connectivity index (χ4n) is 1.10. The molecule has 0 unspecified atom stereocenters. The Morgan fingerprint density at radius 2 is 1.44 bits per heavy atom. The molecule has 1 aromatic carbocycles. The summed E-state index contributed by atoms with van der Waals surface area (Å²) in [6, 6.07) is 1.79. The summed E-state index contributed by atoms with van der Waals surface area (Å²) in [5.74, 6) is 0. The first kappa shape index (κ1) is 15.6. The van der Waals surface area contributed by atoms with Gasteiger partial charge in [0.15, 0.2) is 0 Å². The summed E-state index contributed by atoms with van der Waals surface area (Å²) in [7, 11) is 0. The van der Waals surface area contributed by atoms with E-state index >= 15 is 0 Å². The molecule has 0 saturated heterocycles. The van der Waals surface area contributed by atoms with Crippen molar-refractivity contribution in [3.05, 3.63) is 33.3 Å². The van der Waals surface area contributed by atoms with E-state index < -0.39 is 11.7 Å². The predicted octanol–water partition coefficient (Wildman–Crippen LogP) is 5.60. The number of alkyl halides is 3. The maximum Gasteiger partial charge on any atom is 0.416 e. The topological polar surface area (TPSA) is 0 Å². The van der Waals surface area contributed by atoms with Crippen molar-refractivity contribution in [2.24, 2.45) is 0 Å². The molecule has 0 saturated carbocycles. The lowest BCUT2D eigenvalue weighted by Gasteiger charge is -2.10. The first-order valence-corrected chi connectivity index (χ1v) is 5.67. The highest BCUT2D eigenvalue weighted by Crippen LogP contribution is 2.35. The van der Waals surface area contributed by atoms with Gasteiger partial charge in [0.05, 0.1) is 5.56 Å². The molecule has 1 aromatic rings. The van der Waals surface area contributed by atoms with Gasteiger partial charge in [-0.25, -0.2) is 0 Å². The molecular weight excluding hydrogens is 260 g/mol. The zero-order chi connectivity index (χ0) is 12.9. The Kier molecular flexibility index (Phi) is 6.19. The van der Waals surface area contributed by atoms with Crippen molar-refractivity contribution in [2.75, 3.05) is 0 Å². The van der Waals surface area contributed by atoms with Crippen LogP contribution in [-0.4, -0.2) is 0 Å². The van der Waals surface area contributed by atoms with E-state index in [4.69, 9.17) is 23.2 Å². The van der Waals surface area contributed by atoms with Crippen LogP contribution in [-0.2, 0) is 12.6 Å². The monoisotopic (exact) mass is 272 g/mol. The lowest BCUT2D eigenvalue weighted by molar-refractivity contribution is -0.137. The highest BCUT2D eigenvalue weighted by molar-refractivity contribution is 6.36. The van der Waals surface area contributed by atoms with Gasteiger partial charge in [0.2, 0.25) is 0 Å². The Morgan fingerprint density at radius 3 is 1.69 bits per heavy atom. The molecule has 0 heterocycles. The van der Waals surface area contributed by atoms with E-state index in [0.29, 0.717) is 12.0 Å². The zero-order valence-corrected chi connectivity index (χ0v) is 10.8. The third-order valence-corrected chi connectivity index (χ3v) is 2.50. The van der Waals surface area contributed by atoms with Crippen LogP contribution in [0.25, 0.3) is 0 Å². The largest absolute Gasteiger partial charge is 0.416 e. The smallest absolute Gasteiger partial charge is 0.166 e. The standard InChI is InChI=1S/C9H7Cl2F3.C2H6/c1-2-6-7(10)3-5(4-8(6)11)9(12,13)14;1-2/h3-4H,2H2,1H3;1-2H3. The van der Waals surface area contributed by atoms with Crippen LogP contribution in [0, 0.1) is 0 Å². The molecule has 0 atom stereocenters. The highest BCUT2D eigenvalue weighted by atomic mass is 35.5. The average molecular weight is 273 g/mol. The molecule has 0 radical (unpaired) electrons. The van der Waals surface area contributed by atoms with Crippen LogP contribution >= 0.6 is 23.2 Å². The summed E-state index contributed by atoms with van der Waals surface area (Å²) in [4.78, 5) is 0. The van der Waals surface area contributed by atoms with Crippen molar-refractivity contribution in [3.8, 4) is 0 Å². The van der Waals surface area contributed by atoms with Gasteiger partial charge in [-0.1, -0.05) is 44.0 Å². The Labute approximate surface area is 103 Å². The summed E-state index contributed by atoms with van der Waals surface area (Å²) in [6.07, 6.45) is -3.89. The molecular formula is C11H13Cl2F3.